The Morgan fingerprint density at radius 2 is 0.697 bits per heavy atom. The topological polar surface area (TPSA) is 130 Å². The number of carbonyl (C=O) groups excluding carboxylic acids is 6. The van der Waals surface area contributed by atoms with Crippen LogP contribution in [0.15, 0.2) is 0 Å². The zero-order valence-corrected chi connectivity index (χ0v) is 20.0. The molecule has 6 atom stereocenters. The van der Waals surface area contributed by atoms with Gasteiger partial charge in [0.2, 0.25) is 0 Å². The minimum atomic E-state index is -0.789. The van der Waals surface area contributed by atoms with E-state index in [1.165, 1.54) is 0 Å². The first-order valence-electron chi connectivity index (χ1n) is 11.4. The Balaban J connectivity index is 1.70. The summed E-state index contributed by atoms with van der Waals surface area (Å²) >= 11 is 0. The molecule has 6 unspecified atom stereocenters. The van der Waals surface area contributed by atoms with Crippen LogP contribution in [0.1, 0.15) is 67.2 Å². The molecule has 0 aromatic rings. The van der Waals surface area contributed by atoms with Crippen LogP contribution in [0.4, 0.5) is 0 Å². The van der Waals surface area contributed by atoms with E-state index >= 15 is 0 Å². The average Bonchev–Trinajstić information content (AvgIpc) is 3.20. The second kappa shape index (κ2) is 8.65. The van der Waals surface area contributed by atoms with E-state index in [1.807, 2.05) is 41.5 Å². The van der Waals surface area contributed by atoms with Gasteiger partial charge >= 0.3 is 35.8 Å². The molecule has 0 amide bonds. The third-order valence-electron chi connectivity index (χ3n) is 7.06. The van der Waals surface area contributed by atoms with Crippen molar-refractivity contribution in [2.45, 2.75) is 67.2 Å². The summed E-state index contributed by atoms with van der Waals surface area (Å²) in [5, 5.41) is 0. The molecule has 0 radical (unpaired) electrons. The highest BCUT2D eigenvalue weighted by atomic mass is 16.6. The van der Waals surface area contributed by atoms with Gasteiger partial charge in [0.1, 0.15) is 0 Å². The predicted molar refractivity (Wildman–Crippen MR) is 112 cm³/mol. The number of cyclic esters (lactones) is 6. The van der Waals surface area contributed by atoms with Crippen molar-refractivity contribution in [3.8, 4) is 0 Å². The van der Waals surface area contributed by atoms with Gasteiger partial charge in [-0.1, -0.05) is 41.5 Å². The van der Waals surface area contributed by atoms with E-state index in [2.05, 4.69) is 0 Å². The Morgan fingerprint density at radius 3 is 1.00 bits per heavy atom. The molecule has 0 aromatic heterocycles. The van der Waals surface area contributed by atoms with Crippen molar-refractivity contribution < 1.29 is 43.0 Å². The number of esters is 6. The van der Waals surface area contributed by atoms with Gasteiger partial charge in [-0.25, -0.2) is 0 Å². The van der Waals surface area contributed by atoms with Crippen LogP contribution in [-0.2, 0) is 43.0 Å². The molecular formula is C24H32O9. The molecule has 182 valence electrons. The molecule has 0 spiro atoms. The number of hydrogen-bond donors (Lipinski definition) is 0. The van der Waals surface area contributed by atoms with Crippen molar-refractivity contribution in [1.29, 1.82) is 0 Å². The lowest BCUT2D eigenvalue weighted by atomic mass is 9.71. The Hall–Kier alpha value is -2.58. The van der Waals surface area contributed by atoms with Gasteiger partial charge < -0.3 is 14.2 Å². The maximum atomic E-state index is 12.4. The van der Waals surface area contributed by atoms with Gasteiger partial charge in [-0.15, -0.1) is 0 Å². The smallest absolute Gasteiger partial charge is 0.318 e. The Kier molecular flexibility index (Phi) is 6.56. The Labute approximate surface area is 192 Å². The van der Waals surface area contributed by atoms with E-state index in [9.17, 15) is 28.8 Å². The molecule has 33 heavy (non-hydrogen) atoms. The van der Waals surface area contributed by atoms with Crippen LogP contribution in [-0.4, -0.2) is 35.8 Å². The summed E-state index contributed by atoms with van der Waals surface area (Å²) in [7, 11) is 0. The Morgan fingerprint density at radius 1 is 0.455 bits per heavy atom. The van der Waals surface area contributed by atoms with E-state index in [1.54, 1.807) is 0 Å². The van der Waals surface area contributed by atoms with E-state index in [0.29, 0.717) is 0 Å². The summed E-state index contributed by atoms with van der Waals surface area (Å²) in [5.41, 5.74) is -1.01. The molecule has 3 aliphatic heterocycles. The molecule has 3 rings (SSSR count). The lowest BCUT2D eigenvalue weighted by molar-refractivity contribution is -0.156. The van der Waals surface area contributed by atoms with Crippen LogP contribution in [0.2, 0.25) is 0 Å². The van der Waals surface area contributed by atoms with E-state index in [0.717, 1.165) is 0 Å². The standard InChI is InChI=1S/C24H32O9/c1-23(2,3)15-13(19(27)32-21(15)29)9-7-11-12(18(26)31-17(11)25)8-10-14-16(24(4,5)6)22(30)33-20(14)28/h11-16H,7-10H2,1-6H3. The fourth-order valence-corrected chi connectivity index (χ4v) is 5.50. The first kappa shape index (κ1) is 25.1. The minimum Gasteiger partial charge on any atom is -0.393 e. The van der Waals surface area contributed by atoms with Crippen LogP contribution in [0, 0.1) is 46.3 Å². The van der Waals surface area contributed by atoms with Gasteiger partial charge in [0.15, 0.2) is 0 Å². The monoisotopic (exact) mass is 464 g/mol. The highest BCUT2D eigenvalue weighted by Crippen LogP contribution is 2.44. The number of carbonyl (C=O) groups is 6. The van der Waals surface area contributed by atoms with Gasteiger partial charge in [0.25, 0.3) is 0 Å². The quantitative estimate of drug-likeness (QED) is 0.331. The minimum absolute atomic E-state index is 0.172. The molecule has 0 aromatic carbocycles. The first-order chi connectivity index (χ1) is 15.1. The second-order valence-corrected chi connectivity index (χ2v) is 11.5. The first-order valence-corrected chi connectivity index (χ1v) is 11.4. The van der Waals surface area contributed by atoms with E-state index < -0.39 is 82.2 Å². The third kappa shape index (κ3) is 4.87. The molecular weight excluding hydrogens is 432 g/mol. The lowest BCUT2D eigenvalue weighted by Crippen LogP contribution is -2.32. The SMILES string of the molecule is CC(C)(C)C1C(=O)OC(=O)C1CCC1C(=O)OC(=O)C1CCC1C(=O)OC(=O)C1C(C)(C)C. The van der Waals surface area contributed by atoms with Gasteiger partial charge in [0, 0.05) is 0 Å². The molecule has 0 N–H and O–H groups in total. The zero-order valence-electron chi connectivity index (χ0n) is 20.0. The summed E-state index contributed by atoms with van der Waals surface area (Å²) < 4.78 is 14.5. The van der Waals surface area contributed by atoms with Gasteiger partial charge in [0.05, 0.1) is 35.5 Å². The largest absolute Gasteiger partial charge is 0.393 e. The van der Waals surface area contributed by atoms with Crippen LogP contribution in [0.25, 0.3) is 0 Å². The zero-order chi connectivity index (χ0) is 24.9. The van der Waals surface area contributed by atoms with Crippen molar-refractivity contribution in [2.75, 3.05) is 0 Å². The van der Waals surface area contributed by atoms with Crippen LogP contribution < -0.4 is 0 Å². The second-order valence-electron chi connectivity index (χ2n) is 11.5. The van der Waals surface area contributed by atoms with Crippen molar-refractivity contribution in [1.82, 2.24) is 0 Å². The predicted octanol–water partition coefficient (Wildman–Crippen LogP) is 2.59. The lowest BCUT2D eigenvalue weighted by Gasteiger charge is -2.28. The maximum absolute atomic E-state index is 12.4. The molecule has 9 nitrogen and oxygen atoms in total. The highest BCUT2D eigenvalue weighted by Gasteiger charge is 2.53. The molecule has 3 aliphatic rings. The van der Waals surface area contributed by atoms with Crippen LogP contribution in [0.3, 0.4) is 0 Å². The summed E-state index contributed by atoms with van der Waals surface area (Å²) in [6.07, 6.45) is 0.743. The van der Waals surface area contributed by atoms with Gasteiger partial charge in [-0.05, 0) is 36.5 Å². The van der Waals surface area contributed by atoms with E-state index in [-0.39, 0.29) is 25.7 Å². The molecule has 3 heterocycles. The normalized spacial score (nSPS) is 32.9. The van der Waals surface area contributed by atoms with Gasteiger partial charge in [-0.3, -0.25) is 28.8 Å². The number of rotatable bonds is 6. The van der Waals surface area contributed by atoms with Crippen LogP contribution in [0.5, 0.6) is 0 Å². The van der Waals surface area contributed by atoms with Crippen molar-refractivity contribution in [2.24, 2.45) is 46.3 Å². The molecule has 0 aliphatic carbocycles. The Bertz CT molecular complexity index is 817. The fraction of sp³-hybridized carbons (Fsp3) is 0.750. The number of ether oxygens (including phenoxy) is 3. The summed E-state index contributed by atoms with van der Waals surface area (Å²) in [4.78, 5) is 73.7. The van der Waals surface area contributed by atoms with Crippen molar-refractivity contribution in [3.63, 3.8) is 0 Å². The van der Waals surface area contributed by atoms with Gasteiger partial charge in [-0.2, -0.15) is 0 Å². The summed E-state index contributed by atoms with van der Waals surface area (Å²) in [6, 6.07) is 0. The third-order valence-corrected chi connectivity index (χ3v) is 7.06. The molecule has 9 heteroatoms. The average molecular weight is 465 g/mol. The highest BCUT2D eigenvalue weighted by molar-refractivity contribution is 5.98. The summed E-state index contributed by atoms with van der Waals surface area (Å²) in [6.45, 7) is 11.0. The fourth-order valence-electron chi connectivity index (χ4n) is 5.50. The molecule has 3 fully saturated rings. The molecule has 3 saturated heterocycles. The van der Waals surface area contributed by atoms with Crippen LogP contribution >= 0.6 is 0 Å². The molecule has 0 saturated carbocycles. The number of hydrogen-bond acceptors (Lipinski definition) is 9. The maximum Gasteiger partial charge on any atom is 0.318 e. The molecule has 0 bridgehead atoms. The van der Waals surface area contributed by atoms with Crippen molar-refractivity contribution in [3.05, 3.63) is 0 Å². The van der Waals surface area contributed by atoms with E-state index in [4.69, 9.17) is 14.2 Å². The van der Waals surface area contributed by atoms with Crippen molar-refractivity contribution >= 4 is 35.8 Å². The summed E-state index contributed by atoms with van der Waals surface area (Å²) in [5.74, 6) is -7.97.